The van der Waals surface area contributed by atoms with E-state index in [4.69, 9.17) is 21.7 Å². The molecule has 8 aromatic rings. The molecule has 68 heavy (non-hydrogen) atoms. The summed E-state index contributed by atoms with van der Waals surface area (Å²) >= 11 is 0. The average Bonchev–Trinajstić information content (AvgIpc) is 3.37. The van der Waals surface area contributed by atoms with Gasteiger partial charge in [-0.25, -0.2) is 0 Å². The lowest BCUT2D eigenvalue weighted by atomic mass is 10.0. The molecule has 0 aliphatic heterocycles. The van der Waals surface area contributed by atoms with E-state index in [1.54, 1.807) is 0 Å². The van der Waals surface area contributed by atoms with Crippen molar-refractivity contribution in [2.24, 2.45) is 5.73 Å². The van der Waals surface area contributed by atoms with Gasteiger partial charge < -0.3 is 25.6 Å². The van der Waals surface area contributed by atoms with Gasteiger partial charge >= 0.3 is 5.97 Å². The summed E-state index contributed by atoms with van der Waals surface area (Å²) in [4.78, 5) is 22.9. The minimum Gasteiger partial charge on any atom is -0.489 e. The molecule has 0 saturated carbocycles. The lowest BCUT2D eigenvalue weighted by Crippen LogP contribution is -2.24. The Morgan fingerprint density at radius 3 is 1.26 bits per heavy atom. The molecule has 0 radical (unpaired) electrons. The van der Waals surface area contributed by atoms with Crippen LogP contribution in [0, 0.1) is 0 Å². The van der Waals surface area contributed by atoms with Crippen molar-refractivity contribution in [2.45, 2.75) is 54.0 Å². The molecular weight excluding hydrogens is 871 g/mol. The number of carbonyl (C=O) groups is 2. The van der Waals surface area contributed by atoms with Gasteiger partial charge in [0, 0.05) is 13.1 Å². The van der Waals surface area contributed by atoms with Gasteiger partial charge in [-0.15, -0.1) is 12.4 Å². The summed E-state index contributed by atoms with van der Waals surface area (Å²) in [7, 11) is -1.00. The van der Waals surface area contributed by atoms with Gasteiger partial charge in [-0.05, 0) is 79.9 Å². The number of hydrogen-bond donors (Lipinski definition) is 3. The Morgan fingerprint density at radius 2 is 0.853 bits per heavy atom. The van der Waals surface area contributed by atoms with Crippen LogP contribution in [-0.4, -0.2) is 24.1 Å². The first kappa shape index (κ1) is 54.8. The van der Waals surface area contributed by atoms with Crippen LogP contribution in [0.1, 0.15) is 49.6 Å². The number of amides is 1. The lowest BCUT2D eigenvalue weighted by molar-refractivity contribution is -0.136. The van der Waals surface area contributed by atoms with Gasteiger partial charge in [-0.3, -0.25) is 14.0 Å². The number of nitrogens with two attached hydrogens (primary N) is 1. The molecule has 0 fully saturated rings. The minimum absolute atomic E-state index is 0. The van der Waals surface area contributed by atoms with Crippen LogP contribution < -0.4 is 20.5 Å². The van der Waals surface area contributed by atoms with E-state index in [1.165, 1.54) is 11.1 Å². The largest absolute Gasteiger partial charge is 0.489 e. The van der Waals surface area contributed by atoms with Crippen LogP contribution in [-0.2, 0) is 48.7 Å². The van der Waals surface area contributed by atoms with Crippen molar-refractivity contribution in [3.8, 4) is 33.8 Å². The Labute approximate surface area is 410 Å². The predicted octanol–water partition coefficient (Wildman–Crippen LogP) is 13.8. The van der Waals surface area contributed by atoms with Gasteiger partial charge in [0.1, 0.15) is 24.7 Å². The summed E-state index contributed by atoms with van der Waals surface area (Å²) in [6, 6.07) is 71.9. The first-order valence-corrected chi connectivity index (χ1v) is 21.2. The number of alkyl halides is 1. The van der Waals surface area contributed by atoms with E-state index in [1.807, 2.05) is 194 Å². The molecule has 0 saturated heterocycles. The molecule has 0 spiro atoms. The van der Waals surface area contributed by atoms with Crippen LogP contribution in [0.2, 0.25) is 0 Å². The highest BCUT2D eigenvalue weighted by molar-refractivity contribution is 5.85. The van der Waals surface area contributed by atoms with Crippen LogP contribution >= 0.6 is 12.4 Å². The average molecular weight is 937 g/mol. The zero-order valence-electron chi connectivity index (χ0n) is 37.7. The standard InChI is InChI=1S/C28H25NO2.C14H15NO.C14H12O2.CH3F.2CH4.ClH/c30-28(19-22-14-16-26(17-15-22)25-11-5-2-6-12-25)29-20-24-10-7-13-27(18-24)31-21-23-8-3-1-4-9-23;15-10-13-7-4-8-14(9-13)16-11-12-5-2-1-3-6-12;15-14(16)10-11-6-8-13(9-7-11)12-4-2-1-3-5-12;1-2;;;/h1-18H,19-21H2,(H,29,30);1-9H,10-11,15H2;1-9H,10H2,(H,15,16);1H3;2*1H4;1H/i;;;1D;;;. The maximum atomic E-state index is 12.4. The smallest absolute Gasteiger partial charge is 0.307 e. The topological polar surface area (TPSA) is 111 Å². The van der Waals surface area contributed by atoms with E-state index in [2.05, 4.69) is 29.6 Å². The van der Waals surface area contributed by atoms with Gasteiger partial charge in [0.2, 0.25) is 5.91 Å². The van der Waals surface area contributed by atoms with Gasteiger partial charge in [-0.2, -0.15) is 0 Å². The zero-order valence-corrected chi connectivity index (χ0v) is 37.5. The number of carboxylic acids is 1. The Kier molecular flexibility index (Phi) is 26.0. The summed E-state index contributed by atoms with van der Waals surface area (Å²) in [6.07, 6.45) is 0.439. The fourth-order valence-corrected chi connectivity index (χ4v) is 6.50. The summed E-state index contributed by atoms with van der Waals surface area (Å²) in [5.74, 6) is 0.870. The lowest BCUT2D eigenvalue weighted by Gasteiger charge is -2.10. The fourth-order valence-electron chi connectivity index (χ4n) is 6.50. The highest BCUT2D eigenvalue weighted by Crippen LogP contribution is 2.21. The summed E-state index contributed by atoms with van der Waals surface area (Å²) in [5, 5.41) is 11.7. The van der Waals surface area contributed by atoms with E-state index in [0.29, 0.717) is 32.7 Å². The molecular formula is C59H64ClFN2O5. The van der Waals surface area contributed by atoms with Crippen LogP contribution in [0.25, 0.3) is 22.3 Å². The molecule has 9 heteroatoms. The molecule has 1 amide bonds. The van der Waals surface area contributed by atoms with E-state index in [0.717, 1.165) is 56.0 Å². The monoisotopic (exact) mass is 935 g/mol. The molecule has 0 heterocycles. The van der Waals surface area contributed by atoms with E-state index in [-0.39, 0.29) is 39.6 Å². The van der Waals surface area contributed by atoms with E-state index >= 15 is 0 Å². The van der Waals surface area contributed by atoms with Gasteiger partial charge in [0.05, 0.1) is 21.4 Å². The summed E-state index contributed by atoms with van der Waals surface area (Å²) < 4.78 is 27.0. The molecule has 7 nitrogen and oxygen atoms in total. The number of carbonyl (C=O) groups excluding carboxylic acids is 1. The molecule has 8 aromatic carbocycles. The first-order chi connectivity index (χ1) is 32.3. The van der Waals surface area contributed by atoms with Crippen molar-refractivity contribution >= 4 is 24.3 Å². The van der Waals surface area contributed by atoms with Crippen molar-refractivity contribution in [3.63, 3.8) is 0 Å². The third-order valence-electron chi connectivity index (χ3n) is 9.86. The molecule has 8 rings (SSSR count). The van der Waals surface area contributed by atoms with E-state index in [9.17, 15) is 14.0 Å². The second-order valence-electron chi connectivity index (χ2n) is 14.7. The molecule has 0 bridgehead atoms. The Bertz CT molecular complexity index is 2610. The number of halogens is 2. The molecule has 354 valence electrons. The highest BCUT2D eigenvalue weighted by Gasteiger charge is 2.06. The first-order valence-electron chi connectivity index (χ1n) is 21.9. The van der Waals surface area contributed by atoms with Gasteiger partial charge in [0.15, 0.2) is 0 Å². The number of ether oxygens (including phenoxy) is 2. The Balaban J connectivity index is 0.000000366. The second kappa shape index (κ2) is 32.2. The van der Waals surface area contributed by atoms with Crippen LogP contribution in [0.5, 0.6) is 11.5 Å². The predicted molar refractivity (Wildman–Crippen MR) is 281 cm³/mol. The Hall–Kier alpha value is -7.52. The van der Waals surface area contributed by atoms with Crippen LogP contribution in [0.4, 0.5) is 4.39 Å². The van der Waals surface area contributed by atoms with E-state index < -0.39 is 13.1 Å². The molecule has 0 aliphatic carbocycles. The molecule has 0 aliphatic rings. The maximum Gasteiger partial charge on any atom is 0.307 e. The third-order valence-corrected chi connectivity index (χ3v) is 9.86. The van der Waals surface area contributed by atoms with Gasteiger partial charge in [0.25, 0.3) is 0 Å². The summed E-state index contributed by atoms with van der Waals surface area (Å²) in [6.45, 7) is 2.14. The number of rotatable bonds is 15. The van der Waals surface area contributed by atoms with Crippen molar-refractivity contribution in [3.05, 3.63) is 252 Å². The zero-order chi connectivity index (χ0) is 46.6. The fraction of sp³-hybridized carbons (Fsp3) is 0.153. The number of aliphatic carboxylic acids is 1. The molecule has 0 aromatic heterocycles. The number of carboxylic acid groups (broad SMARTS) is 1. The van der Waals surface area contributed by atoms with Crippen LogP contribution in [0.15, 0.2) is 218 Å². The summed E-state index contributed by atoms with van der Waals surface area (Å²) in [5.41, 5.74) is 16.4. The van der Waals surface area contributed by atoms with Crippen molar-refractivity contribution in [2.75, 3.05) is 7.15 Å². The molecule has 0 unspecified atom stereocenters. The maximum absolute atomic E-state index is 12.4. The number of nitrogens with one attached hydrogen (secondary N) is 1. The highest BCUT2D eigenvalue weighted by atomic mass is 35.5. The van der Waals surface area contributed by atoms with Gasteiger partial charge in [-0.1, -0.05) is 209 Å². The van der Waals surface area contributed by atoms with Crippen LogP contribution in [0.3, 0.4) is 0 Å². The molecule has 4 N–H and O–H groups in total. The Morgan fingerprint density at radius 1 is 0.500 bits per heavy atom. The SMILES string of the molecule is C.C.Cl.NCc1cccc(OCc2ccccc2)c1.O=C(Cc1ccc(-c2ccccc2)cc1)NCc1cccc(OCc2ccccc2)c1.O=C(O)Cc1ccc(-c2ccccc2)cc1.[2H]CF. The van der Waals surface area contributed by atoms with Crippen molar-refractivity contribution < 1.29 is 29.9 Å². The number of benzene rings is 8. The molecule has 0 atom stereocenters. The van der Waals surface area contributed by atoms with Crippen molar-refractivity contribution in [1.82, 2.24) is 5.32 Å². The minimum atomic E-state index is -1.00. The second-order valence-corrected chi connectivity index (χ2v) is 14.7. The third kappa shape index (κ3) is 20.3. The normalized spacial score (nSPS) is 9.76. The number of hydrogen-bond acceptors (Lipinski definition) is 5. The quantitative estimate of drug-likeness (QED) is 0.0944. The van der Waals surface area contributed by atoms with Crippen molar-refractivity contribution in [1.29, 1.82) is 0 Å².